The van der Waals surface area contributed by atoms with Crippen molar-refractivity contribution in [1.82, 2.24) is 0 Å². The van der Waals surface area contributed by atoms with Crippen LogP contribution in [0.15, 0.2) is 218 Å². The SMILES string of the molecule is Fc1cc(-c2ccc3c(c2)C2(c4cc(-c5cc(F)cc6ccccc56)ccc4-3)c3cc(-c4cc(F)cc5ccccc45)ccc3-c3ccc(-c4cc(F)cc5ccccc45)cc32)c2ccccc2c1. The fourth-order valence-corrected chi connectivity index (χ4v) is 11.9. The van der Waals surface area contributed by atoms with E-state index in [1.165, 1.54) is 0 Å². The van der Waals surface area contributed by atoms with Gasteiger partial charge in [0.05, 0.1) is 5.41 Å². The molecule has 0 radical (unpaired) electrons. The monoisotopic (exact) mass is 892 g/mol. The molecule has 0 atom stereocenters. The van der Waals surface area contributed by atoms with Crippen LogP contribution in [0.25, 0.3) is 110 Å². The highest BCUT2D eigenvalue weighted by Gasteiger charge is 2.52. The molecular formula is C65H36F4. The molecule has 0 amide bonds. The summed E-state index contributed by atoms with van der Waals surface area (Å²) in [6.45, 7) is 0. The van der Waals surface area contributed by atoms with Crippen LogP contribution < -0.4 is 0 Å². The topological polar surface area (TPSA) is 0 Å². The van der Waals surface area contributed by atoms with Crippen LogP contribution >= 0.6 is 0 Å². The maximum absolute atomic E-state index is 15.7. The van der Waals surface area contributed by atoms with Gasteiger partial charge in [-0.15, -0.1) is 0 Å². The van der Waals surface area contributed by atoms with Crippen molar-refractivity contribution in [2.75, 3.05) is 0 Å². The van der Waals surface area contributed by atoms with Crippen molar-refractivity contribution in [3.05, 3.63) is 264 Å². The summed E-state index contributed by atoms with van der Waals surface area (Å²) in [5.74, 6) is -1.32. The maximum atomic E-state index is 15.7. The zero-order valence-electron chi connectivity index (χ0n) is 36.8. The predicted molar refractivity (Wildman–Crippen MR) is 274 cm³/mol. The summed E-state index contributed by atoms with van der Waals surface area (Å²) in [6, 6.07) is 70.0. The maximum Gasteiger partial charge on any atom is 0.124 e. The van der Waals surface area contributed by atoms with E-state index in [0.29, 0.717) is 0 Å². The number of hydrogen-bond donors (Lipinski definition) is 0. The van der Waals surface area contributed by atoms with E-state index in [4.69, 9.17) is 0 Å². The zero-order chi connectivity index (χ0) is 46.1. The molecule has 324 valence electrons. The fraction of sp³-hybridized carbons (Fsp3) is 0.0154. The summed E-state index contributed by atoms with van der Waals surface area (Å²) in [5, 5.41) is 6.91. The molecular weight excluding hydrogens is 857 g/mol. The minimum Gasteiger partial charge on any atom is -0.207 e. The second-order valence-electron chi connectivity index (χ2n) is 18.5. The van der Waals surface area contributed by atoms with Gasteiger partial charge in [-0.1, -0.05) is 146 Å². The van der Waals surface area contributed by atoms with Gasteiger partial charge < -0.3 is 0 Å². The lowest BCUT2D eigenvalue weighted by molar-refractivity contribution is 0.629. The van der Waals surface area contributed by atoms with E-state index in [9.17, 15) is 0 Å². The number of hydrogen-bond acceptors (Lipinski definition) is 0. The molecule has 0 aromatic heterocycles. The van der Waals surface area contributed by atoms with Crippen LogP contribution in [0, 0.1) is 23.3 Å². The van der Waals surface area contributed by atoms with Crippen LogP contribution in [-0.4, -0.2) is 0 Å². The Labute approximate surface area is 395 Å². The molecule has 12 aromatic carbocycles. The standard InChI is InChI=1S/C65H36F4/c66-45-25-37-9-1-5-13-49(37)57(33-45)41-17-21-53-54-22-18-42(58-34-46(67)26-38-10-2-6-14-50(38)58)30-62(54)65(61(53)29-41)63-31-43(59-35-47(68)27-39-11-3-7-15-51(39)59)19-23-55(63)56-24-20-44(32-64(56)65)60-36-48(69)28-40-12-4-8-16-52(40)60/h1-36H. The van der Waals surface area contributed by atoms with Crippen LogP contribution in [0.4, 0.5) is 17.6 Å². The molecule has 0 nitrogen and oxygen atoms in total. The Kier molecular flexibility index (Phi) is 8.43. The molecule has 2 aliphatic carbocycles. The van der Waals surface area contributed by atoms with Crippen molar-refractivity contribution in [3.8, 4) is 66.8 Å². The smallest absolute Gasteiger partial charge is 0.124 e. The predicted octanol–water partition coefficient (Wildman–Crippen LogP) is 17.9. The van der Waals surface area contributed by atoms with Crippen molar-refractivity contribution in [3.63, 3.8) is 0 Å². The molecule has 0 saturated heterocycles. The lowest BCUT2D eigenvalue weighted by Crippen LogP contribution is -2.26. The molecule has 1 spiro atoms. The first-order valence-electron chi connectivity index (χ1n) is 23.1. The van der Waals surface area contributed by atoms with Gasteiger partial charge in [0.15, 0.2) is 0 Å². The molecule has 0 saturated carbocycles. The molecule has 4 heteroatoms. The van der Waals surface area contributed by atoms with Gasteiger partial charge >= 0.3 is 0 Å². The number of rotatable bonds is 4. The van der Waals surface area contributed by atoms with Gasteiger partial charge in [-0.3, -0.25) is 0 Å². The Balaban J connectivity index is 1.13. The molecule has 14 rings (SSSR count). The van der Waals surface area contributed by atoms with Gasteiger partial charge in [-0.05, 0) is 205 Å². The first-order chi connectivity index (χ1) is 33.8. The quantitative estimate of drug-likeness (QED) is 0.154. The summed E-state index contributed by atoms with van der Waals surface area (Å²) in [7, 11) is 0. The lowest BCUT2D eigenvalue weighted by Gasteiger charge is -2.32. The summed E-state index contributed by atoms with van der Waals surface area (Å²) in [6.07, 6.45) is 0. The molecule has 69 heavy (non-hydrogen) atoms. The van der Waals surface area contributed by atoms with Crippen molar-refractivity contribution in [2.45, 2.75) is 5.41 Å². The van der Waals surface area contributed by atoms with Gasteiger partial charge in [0.1, 0.15) is 23.3 Å². The summed E-state index contributed by atoms with van der Waals surface area (Å²) >= 11 is 0. The average molecular weight is 893 g/mol. The van der Waals surface area contributed by atoms with E-state index in [1.807, 2.05) is 97.1 Å². The number of benzene rings is 12. The molecule has 0 fully saturated rings. The number of halogens is 4. The fourth-order valence-electron chi connectivity index (χ4n) is 11.9. The summed E-state index contributed by atoms with van der Waals surface area (Å²) in [5.41, 5.74) is 13.4. The normalized spacial score (nSPS) is 13.0. The average Bonchev–Trinajstić information content (AvgIpc) is 3.83. The van der Waals surface area contributed by atoms with Gasteiger partial charge in [0.2, 0.25) is 0 Å². The highest BCUT2D eigenvalue weighted by molar-refractivity contribution is 6.05. The molecule has 0 N–H and O–H groups in total. The Hall–Kier alpha value is -8.60. The Morgan fingerprint density at radius 2 is 0.449 bits per heavy atom. The number of fused-ring (bicyclic) bond motifs is 14. The van der Waals surface area contributed by atoms with Crippen LogP contribution in [-0.2, 0) is 5.41 Å². The van der Waals surface area contributed by atoms with Crippen LogP contribution in [0.3, 0.4) is 0 Å². The van der Waals surface area contributed by atoms with E-state index in [1.54, 1.807) is 48.5 Å². The first kappa shape index (κ1) is 39.6. The van der Waals surface area contributed by atoms with Crippen LogP contribution in [0.2, 0.25) is 0 Å². The molecule has 12 aromatic rings. The summed E-state index contributed by atoms with van der Waals surface area (Å²) < 4.78 is 62.9. The van der Waals surface area contributed by atoms with Crippen molar-refractivity contribution < 1.29 is 17.6 Å². The first-order valence-corrected chi connectivity index (χ1v) is 23.1. The largest absolute Gasteiger partial charge is 0.207 e. The minimum atomic E-state index is -1.02. The Bertz CT molecular complexity index is 3660. The summed E-state index contributed by atoms with van der Waals surface area (Å²) in [4.78, 5) is 0. The Morgan fingerprint density at radius 1 is 0.217 bits per heavy atom. The van der Waals surface area contributed by atoms with E-state index >= 15 is 17.6 Å². The zero-order valence-corrected chi connectivity index (χ0v) is 36.8. The third-order valence-electron chi connectivity index (χ3n) is 14.8. The minimum absolute atomic E-state index is 0.329. The van der Waals surface area contributed by atoms with Crippen molar-refractivity contribution in [1.29, 1.82) is 0 Å². The van der Waals surface area contributed by atoms with Gasteiger partial charge in [-0.25, -0.2) is 17.6 Å². The second-order valence-corrected chi connectivity index (χ2v) is 18.5. The van der Waals surface area contributed by atoms with E-state index < -0.39 is 5.41 Å². The van der Waals surface area contributed by atoms with Crippen LogP contribution in [0.1, 0.15) is 22.3 Å². The van der Waals surface area contributed by atoms with Gasteiger partial charge in [0.25, 0.3) is 0 Å². The highest BCUT2D eigenvalue weighted by Crippen LogP contribution is 2.65. The highest BCUT2D eigenvalue weighted by atomic mass is 19.1. The molecule has 2 aliphatic rings. The molecule has 0 heterocycles. The lowest BCUT2D eigenvalue weighted by atomic mass is 9.69. The third kappa shape index (κ3) is 5.82. The van der Waals surface area contributed by atoms with E-state index in [-0.39, 0.29) is 23.3 Å². The van der Waals surface area contributed by atoms with E-state index in [0.717, 1.165) is 132 Å². The van der Waals surface area contributed by atoms with Crippen molar-refractivity contribution in [2.24, 2.45) is 0 Å². The second kappa shape index (κ2) is 14.7. The van der Waals surface area contributed by atoms with E-state index in [2.05, 4.69) is 72.8 Å². The third-order valence-corrected chi connectivity index (χ3v) is 14.8. The molecule has 0 unspecified atom stereocenters. The van der Waals surface area contributed by atoms with Gasteiger partial charge in [0, 0.05) is 0 Å². The van der Waals surface area contributed by atoms with Gasteiger partial charge in [-0.2, -0.15) is 0 Å². The Morgan fingerprint density at radius 3 is 0.696 bits per heavy atom. The molecule has 0 bridgehead atoms. The molecule has 0 aliphatic heterocycles. The van der Waals surface area contributed by atoms with Crippen molar-refractivity contribution >= 4 is 43.1 Å². The van der Waals surface area contributed by atoms with Crippen LogP contribution in [0.5, 0.6) is 0 Å².